The molecule has 0 unspecified atom stereocenters. The van der Waals surface area contributed by atoms with Gasteiger partial charge in [0.25, 0.3) is 0 Å². The van der Waals surface area contributed by atoms with Crippen LogP contribution in [0.3, 0.4) is 0 Å². The van der Waals surface area contributed by atoms with Gasteiger partial charge in [-0.05, 0) is 24.6 Å². The fraction of sp³-hybridized carbons (Fsp3) is 0.188. The van der Waals surface area contributed by atoms with E-state index in [-0.39, 0.29) is 5.78 Å². The number of halogens is 2. The van der Waals surface area contributed by atoms with Crippen molar-refractivity contribution >= 4 is 34.7 Å². The van der Waals surface area contributed by atoms with Gasteiger partial charge in [-0.3, -0.25) is 4.79 Å². The summed E-state index contributed by atoms with van der Waals surface area (Å²) in [7, 11) is 0. The number of nitrogens with one attached hydrogen (secondary N) is 1. The molecule has 0 amide bonds. The van der Waals surface area contributed by atoms with E-state index in [1.807, 2.05) is 24.3 Å². The van der Waals surface area contributed by atoms with E-state index in [0.29, 0.717) is 22.0 Å². The van der Waals surface area contributed by atoms with Crippen LogP contribution in [-0.4, -0.2) is 18.2 Å². The van der Waals surface area contributed by atoms with Crippen molar-refractivity contribution in [2.24, 2.45) is 0 Å². The maximum Gasteiger partial charge on any atom is 0.195 e. The monoisotopic (exact) mass is 307 g/mol. The highest BCUT2D eigenvalue weighted by atomic mass is 35.5. The zero-order valence-electron chi connectivity index (χ0n) is 10.9. The lowest BCUT2D eigenvalue weighted by atomic mass is 10.0. The molecule has 0 aliphatic carbocycles. The number of alkyl halides is 1. The van der Waals surface area contributed by atoms with Gasteiger partial charge in [0.1, 0.15) is 0 Å². The summed E-state index contributed by atoms with van der Waals surface area (Å²) in [4.78, 5) is 12.5. The van der Waals surface area contributed by atoms with Crippen molar-refractivity contribution in [2.45, 2.75) is 6.42 Å². The molecule has 0 saturated heterocycles. The van der Waals surface area contributed by atoms with Crippen LogP contribution in [0.5, 0.6) is 0 Å². The van der Waals surface area contributed by atoms with Gasteiger partial charge in [0, 0.05) is 34.3 Å². The number of carbonyl (C=O) groups is 1. The number of benzene rings is 2. The summed E-state index contributed by atoms with van der Waals surface area (Å²) in [6.45, 7) is 0.722. The molecule has 2 aromatic carbocycles. The summed E-state index contributed by atoms with van der Waals surface area (Å²) in [6, 6.07) is 14.5. The minimum Gasteiger partial charge on any atom is -0.384 e. The third-order valence-corrected chi connectivity index (χ3v) is 3.39. The molecule has 0 aromatic heterocycles. The van der Waals surface area contributed by atoms with Gasteiger partial charge >= 0.3 is 0 Å². The van der Waals surface area contributed by atoms with Crippen LogP contribution in [-0.2, 0) is 0 Å². The van der Waals surface area contributed by atoms with Gasteiger partial charge in [0.15, 0.2) is 5.78 Å². The molecule has 2 nitrogen and oxygen atoms in total. The number of hydrogen-bond donors (Lipinski definition) is 1. The van der Waals surface area contributed by atoms with Crippen LogP contribution in [0.1, 0.15) is 22.3 Å². The van der Waals surface area contributed by atoms with E-state index in [2.05, 4.69) is 5.32 Å². The molecular weight excluding hydrogens is 293 g/mol. The fourth-order valence-corrected chi connectivity index (χ4v) is 2.20. The molecule has 0 heterocycles. The van der Waals surface area contributed by atoms with Crippen molar-refractivity contribution in [3.63, 3.8) is 0 Å². The van der Waals surface area contributed by atoms with Crippen molar-refractivity contribution in [2.75, 3.05) is 17.7 Å². The van der Waals surface area contributed by atoms with E-state index < -0.39 is 0 Å². The summed E-state index contributed by atoms with van der Waals surface area (Å²) in [6.07, 6.45) is 0.836. The van der Waals surface area contributed by atoms with Gasteiger partial charge in [-0.25, -0.2) is 0 Å². The summed E-state index contributed by atoms with van der Waals surface area (Å²) in [5.41, 5.74) is 2.02. The normalized spacial score (nSPS) is 10.3. The second kappa shape index (κ2) is 7.32. The van der Waals surface area contributed by atoms with E-state index >= 15 is 0 Å². The smallest absolute Gasteiger partial charge is 0.195 e. The lowest BCUT2D eigenvalue weighted by molar-refractivity contribution is 0.103. The van der Waals surface area contributed by atoms with Crippen molar-refractivity contribution in [3.8, 4) is 0 Å². The maximum absolute atomic E-state index is 12.5. The average Bonchev–Trinajstić information content (AvgIpc) is 2.49. The third kappa shape index (κ3) is 3.75. The SMILES string of the molecule is O=C(c1ccccc1)c1cc(Cl)ccc1NCCCCl. The van der Waals surface area contributed by atoms with Crippen LogP contribution in [0.2, 0.25) is 5.02 Å². The highest BCUT2D eigenvalue weighted by molar-refractivity contribution is 6.31. The van der Waals surface area contributed by atoms with E-state index in [0.717, 1.165) is 18.7 Å². The molecule has 20 heavy (non-hydrogen) atoms. The van der Waals surface area contributed by atoms with E-state index in [1.165, 1.54) is 0 Å². The molecule has 0 aliphatic rings. The molecule has 0 atom stereocenters. The highest BCUT2D eigenvalue weighted by Gasteiger charge is 2.13. The van der Waals surface area contributed by atoms with E-state index in [4.69, 9.17) is 23.2 Å². The molecule has 2 rings (SSSR count). The zero-order valence-corrected chi connectivity index (χ0v) is 12.4. The lowest BCUT2D eigenvalue weighted by Crippen LogP contribution is -2.09. The maximum atomic E-state index is 12.5. The molecule has 0 radical (unpaired) electrons. The van der Waals surface area contributed by atoms with Crippen LogP contribution in [0.4, 0.5) is 5.69 Å². The van der Waals surface area contributed by atoms with Gasteiger partial charge in [-0.15, -0.1) is 11.6 Å². The Morgan fingerprint density at radius 2 is 1.85 bits per heavy atom. The lowest BCUT2D eigenvalue weighted by Gasteiger charge is -2.11. The largest absolute Gasteiger partial charge is 0.384 e. The first kappa shape index (κ1) is 14.9. The van der Waals surface area contributed by atoms with E-state index in [9.17, 15) is 4.79 Å². The quantitative estimate of drug-likeness (QED) is 0.479. The van der Waals surface area contributed by atoms with Crippen molar-refractivity contribution in [3.05, 3.63) is 64.7 Å². The van der Waals surface area contributed by atoms with Gasteiger partial charge in [-0.2, -0.15) is 0 Å². The first-order valence-corrected chi connectivity index (χ1v) is 7.33. The molecule has 0 spiro atoms. The second-order valence-electron chi connectivity index (χ2n) is 4.35. The molecular formula is C16H15Cl2NO. The Morgan fingerprint density at radius 1 is 1.10 bits per heavy atom. The molecule has 0 saturated carbocycles. The Labute approximate surface area is 128 Å². The highest BCUT2D eigenvalue weighted by Crippen LogP contribution is 2.23. The minimum absolute atomic E-state index is 0.0403. The Balaban J connectivity index is 2.29. The summed E-state index contributed by atoms with van der Waals surface area (Å²) < 4.78 is 0. The van der Waals surface area contributed by atoms with Gasteiger partial charge in [-0.1, -0.05) is 41.9 Å². The van der Waals surface area contributed by atoms with Crippen molar-refractivity contribution < 1.29 is 4.79 Å². The number of ketones is 1. The topological polar surface area (TPSA) is 29.1 Å². The molecule has 0 bridgehead atoms. The number of hydrogen-bond acceptors (Lipinski definition) is 2. The fourth-order valence-electron chi connectivity index (χ4n) is 1.89. The van der Waals surface area contributed by atoms with Crippen molar-refractivity contribution in [1.82, 2.24) is 0 Å². The van der Waals surface area contributed by atoms with Crippen LogP contribution < -0.4 is 5.32 Å². The van der Waals surface area contributed by atoms with Crippen molar-refractivity contribution in [1.29, 1.82) is 0 Å². The summed E-state index contributed by atoms with van der Waals surface area (Å²) in [5, 5.41) is 3.78. The zero-order chi connectivity index (χ0) is 14.4. The first-order valence-electron chi connectivity index (χ1n) is 6.41. The molecule has 0 fully saturated rings. The van der Waals surface area contributed by atoms with Crippen LogP contribution in [0.25, 0.3) is 0 Å². The Morgan fingerprint density at radius 3 is 2.55 bits per heavy atom. The van der Waals surface area contributed by atoms with Crippen LogP contribution >= 0.6 is 23.2 Å². The summed E-state index contributed by atoms with van der Waals surface area (Å²) >= 11 is 11.7. The van der Waals surface area contributed by atoms with Gasteiger partial charge in [0.2, 0.25) is 0 Å². The predicted molar refractivity (Wildman–Crippen MR) is 85.2 cm³/mol. The minimum atomic E-state index is -0.0403. The molecule has 1 N–H and O–H groups in total. The molecule has 2 aromatic rings. The second-order valence-corrected chi connectivity index (χ2v) is 5.17. The standard InChI is InChI=1S/C16H15Cl2NO/c17-9-4-10-19-15-8-7-13(18)11-14(15)16(20)12-5-2-1-3-6-12/h1-3,5-8,11,19H,4,9-10H2. The summed E-state index contributed by atoms with van der Waals surface area (Å²) in [5.74, 6) is 0.546. The molecule has 104 valence electrons. The number of anilines is 1. The van der Waals surface area contributed by atoms with Crippen LogP contribution in [0.15, 0.2) is 48.5 Å². The Kier molecular flexibility index (Phi) is 5.45. The molecule has 0 aliphatic heterocycles. The number of carbonyl (C=O) groups excluding carboxylic acids is 1. The average molecular weight is 308 g/mol. The predicted octanol–water partition coefficient (Wildman–Crippen LogP) is 4.61. The van der Waals surface area contributed by atoms with E-state index in [1.54, 1.807) is 24.3 Å². The third-order valence-electron chi connectivity index (χ3n) is 2.89. The van der Waals surface area contributed by atoms with Gasteiger partial charge in [0.05, 0.1) is 0 Å². The number of rotatable bonds is 6. The van der Waals surface area contributed by atoms with Gasteiger partial charge < -0.3 is 5.32 Å². The Hall–Kier alpha value is -1.51. The molecule has 4 heteroatoms. The first-order chi connectivity index (χ1) is 9.72. The Bertz CT molecular complexity index is 584. The van der Waals surface area contributed by atoms with Crippen LogP contribution in [0, 0.1) is 0 Å².